The van der Waals surface area contributed by atoms with Crippen LogP contribution in [-0.4, -0.2) is 25.7 Å². The molecular weight excluding hydrogens is 250 g/mol. The molecule has 1 aromatic carbocycles. The van der Waals surface area contributed by atoms with E-state index < -0.39 is 0 Å². The third-order valence-electron chi connectivity index (χ3n) is 2.96. The summed E-state index contributed by atoms with van der Waals surface area (Å²) in [6, 6.07) is 8.10. The molecule has 0 aliphatic heterocycles. The highest BCUT2D eigenvalue weighted by atomic mass is 16.5. The van der Waals surface area contributed by atoms with E-state index in [1.54, 1.807) is 0 Å². The van der Waals surface area contributed by atoms with Gasteiger partial charge in [-0.05, 0) is 37.3 Å². The van der Waals surface area contributed by atoms with Crippen LogP contribution in [-0.2, 0) is 6.42 Å². The Morgan fingerprint density at radius 2 is 2.10 bits per heavy atom. The van der Waals surface area contributed by atoms with Gasteiger partial charge in [0.15, 0.2) is 5.96 Å². The Morgan fingerprint density at radius 3 is 2.80 bits per heavy atom. The third kappa shape index (κ3) is 6.45. The number of para-hydroxylation sites is 1. The van der Waals surface area contributed by atoms with Crippen molar-refractivity contribution in [3.63, 3.8) is 0 Å². The van der Waals surface area contributed by atoms with Crippen molar-refractivity contribution >= 4 is 5.96 Å². The SMILES string of the molecule is CCOc1ccccc1CCNC(N)=NCCC(C)C. The van der Waals surface area contributed by atoms with Crippen molar-refractivity contribution < 1.29 is 4.74 Å². The molecule has 0 spiro atoms. The predicted molar refractivity (Wildman–Crippen MR) is 85.3 cm³/mol. The molecule has 0 saturated heterocycles. The van der Waals surface area contributed by atoms with Crippen LogP contribution in [0.1, 0.15) is 32.8 Å². The van der Waals surface area contributed by atoms with Crippen molar-refractivity contribution in [3.8, 4) is 5.75 Å². The van der Waals surface area contributed by atoms with Crippen LogP contribution in [0.3, 0.4) is 0 Å². The van der Waals surface area contributed by atoms with E-state index in [0.717, 1.165) is 31.7 Å². The number of nitrogens with two attached hydrogens (primary N) is 1. The van der Waals surface area contributed by atoms with Gasteiger partial charge >= 0.3 is 0 Å². The number of ether oxygens (including phenoxy) is 1. The second-order valence-electron chi connectivity index (χ2n) is 5.17. The molecule has 0 unspecified atom stereocenters. The number of guanidine groups is 1. The van der Waals surface area contributed by atoms with Crippen molar-refractivity contribution in [1.29, 1.82) is 0 Å². The maximum absolute atomic E-state index is 5.83. The molecule has 0 amide bonds. The number of benzene rings is 1. The van der Waals surface area contributed by atoms with Crippen LogP contribution in [0, 0.1) is 5.92 Å². The Kier molecular flexibility index (Phi) is 7.55. The fraction of sp³-hybridized carbons (Fsp3) is 0.562. The molecule has 0 bridgehead atoms. The maximum atomic E-state index is 5.83. The molecule has 20 heavy (non-hydrogen) atoms. The summed E-state index contributed by atoms with van der Waals surface area (Å²) >= 11 is 0. The largest absolute Gasteiger partial charge is 0.494 e. The average Bonchev–Trinajstić information content (AvgIpc) is 2.40. The Balaban J connectivity index is 2.36. The molecule has 3 N–H and O–H groups in total. The lowest BCUT2D eigenvalue weighted by atomic mass is 10.1. The van der Waals surface area contributed by atoms with Gasteiger partial charge < -0.3 is 15.8 Å². The van der Waals surface area contributed by atoms with Gasteiger partial charge in [0.25, 0.3) is 0 Å². The minimum atomic E-state index is 0.527. The Bertz CT molecular complexity index is 416. The highest BCUT2D eigenvalue weighted by Gasteiger charge is 2.02. The quantitative estimate of drug-likeness (QED) is 0.567. The summed E-state index contributed by atoms with van der Waals surface area (Å²) in [4.78, 5) is 4.31. The zero-order valence-electron chi connectivity index (χ0n) is 12.9. The summed E-state index contributed by atoms with van der Waals surface area (Å²) in [7, 11) is 0. The van der Waals surface area contributed by atoms with E-state index in [9.17, 15) is 0 Å². The molecule has 0 aliphatic carbocycles. The average molecular weight is 277 g/mol. The second kappa shape index (κ2) is 9.23. The van der Waals surface area contributed by atoms with E-state index in [0.29, 0.717) is 18.5 Å². The standard InChI is InChI=1S/C16H27N3O/c1-4-20-15-8-6-5-7-14(15)10-12-19-16(17)18-11-9-13(2)3/h5-8,13H,4,9-12H2,1-3H3,(H3,17,18,19). The van der Waals surface area contributed by atoms with Crippen LogP contribution in [0.5, 0.6) is 5.75 Å². The van der Waals surface area contributed by atoms with Crippen LogP contribution >= 0.6 is 0 Å². The molecule has 0 aromatic heterocycles. The highest BCUT2D eigenvalue weighted by molar-refractivity contribution is 5.77. The van der Waals surface area contributed by atoms with Gasteiger partial charge in [-0.3, -0.25) is 4.99 Å². The van der Waals surface area contributed by atoms with E-state index in [1.165, 1.54) is 5.56 Å². The van der Waals surface area contributed by atoms with Crippen molar-refractivity contribution in [2.75, 3.05) is 19.7 Å². The molecule has 0 radical (unpaired) electrons. The van der Waals surface area contributed by atoms with Gasteiger partial charge in [-0.1, -0.05) is 32.0 Å². The Hall–Kier alpha value is -1.71. The molecule has 4 nitrogen and oxygen atoms in total. The van der Waals surface area contributed by atoms with Crippen molar-refractivity contribution in [3.05, 3.63) is 29.8 Å². The summed E-state index contributed by atoms with van der Waals surface area (Å²) < 4.78 is 5.60. The van der Waals surface area contributed by atoms with Gasteiger partial charge in [0.05, 0.1) is 6.61 Å². The Morgan fingerprint density at radius 1 is 1.35 bits per heavy atom. The number of aliphatic imine (C=N–C) groups is 1. The normalized spacial score (nSPS) is 11.7. The first-order valence-corrected chi connectivity index (χ1v) is 7.38. The summed E-state index contributed by atoms with van der Waals surface area (Å²) in [6.45, 7) is 8.60. The smallest absolute Gasteiger partial charge is 0.188 e. The lowest BCUT2D eigenvalue weighted by Gasteiger charge is -2.11. The van der Waals surface area contributed by atoms with Crippen LogP contribution in [0.2, 0.25) is 0 Å². The molecule has 0 aliphatic rings. The van der Waals surface area contributed by atoms with E-state index >= 15 is 0 Å². The second-order valence-corrected chi connectivity index (χ2v) is 5.17. The van der Waals surface area contributed by atoms with Gasteiger partial charge in [-0.2, -0.15) is 0 Å². The van der Waals surface area contributed by atoms with Crippen LogP contribution in [0.25, 0.3) is 0 Å². The lowest BCUT2D eigenvalue weighted by molar-refractivity contribution is 0.336. The first-order valence-electron chi connectivity index (χ1n) is 7.38. The summed E-state index contributed by atoms with van der Waals surface area (Å²) in [6.07, 6.45) is 1.94. The number of nitrogens with one attached hydrogen (secondary N) is 1. The van der Waals surface area contributed by atoms with Gasteiger partial charge in [0.1, 0.15) is 5.75 Å². The van der Waals surface area contributed by atoms with E-state index in [4.69, 9.17) is 10.5 Å². The minimum absolute atomic E-state index is 0.527. The maximum Gasteiger partial charge on any atom is 0.188 e. The van der Waals surface area contributed by atoms with Gasteiger partial charge in [-0.15, -0.1) is 0 Å². The predicted octanol–water partition coefficient (Wildman–Crippen LogP) is 2.58. The van der Waals surface area contributed by atoms with Crippen LogP contribution < -0.4 is 15.8 Å². The molecule has 0 saturated carbocycles. The van der Waals surface area contributed by atoms with Gasteiger partial charge in [-0.25, -0.2) is 0 Å². The molecule has 0 heterocycles. The molecule has 0 fully saturated rings. The van der Waals surface area contributed by atoms with Crippen molar-refractivity contribution in [2.45, 2.75) is 33.6 Å². The Labute approximate surface area is 122 Å². The van der Waals surface area contributed by atoms with Crippen molar-refractivity contribution in [1.82, 2.24) is 5.32 Å². The summed E-state index contributed by atoms with van der Waals surface area (Å²) in [5, 5.41) is 3.15. The lowest BCUT2D eigenvalue weighted by Crippen LogP contribution is -2.33. The van der Waals surface area contributed by atoms with E-state index in [1.807, 2.05) is 25.1 Å². The fourth-order valence-electron chi connectivity index (χ4n) is 1.83. The molecule has 0 atom stereocenters. The van der Waals surface area contributed by atoms with E-state index in [-0.39, 0.29) is 0 Å². The molecule has 112 valence electrons. The van der Waals surface area contributed by atoms with Gasteiger partial charge in [0.2, 0.25) is 0 Å². The first kappa shape index (κ1) is 16.3. The molecule has 1 rings (SSSR count). The first-order chi connectivity index (χ1) is 9.63. The number of rotatable bonds is 8. The van der Waals surface area contributed by atoms with Crippen LogP contribution in [0.4, 0.5) is 0 Å². The number of nitrogens with zero attached hydrogens (tertiary/aromatic N) is 1. The zero-order chi connectivity index (χ0) is 14.8. The van der Waals surface area contributed by atoms with E-state index in [2.05, 4.69) is 30.2 Å². The summed E-state index contributed by atoms with van der Waals surface area (Å²) in [5.74, 6) is 2.14. The molecular formula is C16H27N3O. The summed E-state index contributed by atoms with van der Waals surface area (Å²) in [5.41, 5.74) is 7.02. The molecule has 1 aromatic rings. The van der Waals surface area contributed by atoms with Gasteiger partial charge in [0, 0.05) is 13.1 Å². The topological polar surface area (TPSA) is 59.6 Å². The monoisotopic (exact) mass is 277 g/mol. The van der Waals surface area contributed by atoms with Crippen molar-refractivity contribution in [2.24, 2.45) is 16.6 Å². The molecule has 4 heteroatoms. The number of hydrogen-bond acceptors (Lipinski definition) is 2. The number of hydrogen-bond donors (Lipinski definition) is 2. The minimum Gasteiger partial charge on any atom is -0.494 e. The fourth-order valence-corrected chi connectivity index (χ4v) is 1.83. The zero-order valence-corrected chi connectivity index (χ0v) is 12.9. The highest BCUT2D eigenvalue weighted by Crippen LogP contribution is 2.17. The van der Waals surface area contributed by atoms with Crippen LogP contribution in [0.15, 0.2) is 29.3 Å². The third-order valence-corrected chi connectivity index (χ3v) is 2.96.